The van der Waals surface area contributed by atoms with Crippen molar-refractivity contribution in [2.75, 3.05) is 19.0 Å². The molecule has 0 amide bonds. The number of nitrogens with zero attached hydrogens (tertiary/aromatic N) is 3. The van der Waals surface area contributed by atoms with Gasteiger partial charge < -0.3 is 9.88 Å². The SMILES string of the molecule is CN(C)c1ccc2[nH]c(Cc3c(F)cccc3Cl)nc2n1. The van der Waals surface area contributed by atoms with Crippen LogP contribution >= 0.6 is 11.6 Å². The lowest BCUT2D eigenvalue weighted by atomic mass is 10.1. The third-order valence-corrected chi connectivity index (χ3v) is 3.60. The van der Waals surface area contributed by atoms with Crippen molar-refractivity contribution >= 4 is 28.6 Å². The second-order valence-corrected chi connectivity index (χ2v) is 5.40. The van der Waals surface area contributed by atoms with Gasteiger partial charge in [-0.15, -0.1) is 0 Å². The number of aromatic amines is 1. The smallest absolute Gasteiger partial charge is 0.179 e. The number of anilines is 1. The summed E-state index contributed by atoms with van der Waals surface area (Å²) in [5.74, 6) is 1.13. The minimum Gasteiger partial charge on any atom is -0.363 e. The fraction of sp³-hybridized carbons (Fsp3) is 0.200. The van der Waals surface area contributed by atoms with Gasteiger partial charge >= 0.3 is 0 Å². The molecular formula is C15H14ClFN4. The monoisotopic (exact) mass is 304 g/mol. The minimum absolute atomic E-state index is 0.305. The summed E-state index contributed by atoms with van der Waals surface area (Å²) in [6.07, 6.45) is 0.305. The number of rotatable bonds is 3. The number of imidazole rings is 1. The first-order chi connectivity index (χ1) is 10.0. The number of nitrogens with one attached hydrogen (secondary N) is 1. The number of hydrogen-bond donors (Lipinski definition) is 1. The van der Waals surface area contributed by atoms with E-state index < -0.39 is 0 Å². The van der Waals surface area contributed by atoms with Crippen molar-refractivity contribution in [1.82, 2.24) is 15.0 Å². The van der Waals surface area contributed by atoms with E-state index in [1.54, 1.807) is 12.1 Å². The summed E-state index contributed by atoms with van der Waals surface area (Å²) < 4.78 is 13.8. The van der Waals surface area contributed by atoms with Crippen molar-refractivity contribution in [3.05, 3.63) is 52.6 Å². The number of aromatic nitrogens is 3. The van der Waals surface area contributed by atoms with E-state index in [2.05, 4.69) is 15.0 Å². The molecule has 6 heteroatoms. The molecule has 4 nitrogen and oxygen atoms in total. The van der Waals surface area contributed by atoms with Crippen molar-refractivity contribution < 1.29 is 4.39 Å². The molecule has 0 unspecified atom stereocenters. The number of fused-ring (bicyclic) bond motifs is 1. The maximum absolute atomic E-state index is 13.8. The molecule has 3 aromatic rings. The van der Waals surface area contributed by atoms with Gasteiger partial charge in [0.15, 0.2) is 5.65 Å². The Hall–Kier alpha value is -2.14. The summed E-state index contributed by atoms with van der Waals surface area (Å²) in [5.41, 5.74) is 1.87. The van der Waals surface area contributed by atoms with Crippen LogP contribution in [0.5, 0.6) is 0 Å². The standard InChI is InChI=1S/C15H14ClFN4/c1-21(2)14-7-6-12-15(20-14)19-13(18-12)8-9-10(16)4-3-5-11(9)17/h3-7H,8H2,1-2H3,(H,18,19,20). The number of H-pyrrole nitrogens is 1. The van der Waals surface area contributed by atoms with E-state index in [9.17, 15) is 4.39 Å². The van der Waals surface area contributed by atoms with Crippen LogP contribution in [0.25, 0.3) is 11.2 Å². The molecule has 0 spiro atoms. The van der Waals surface area contributed by atoms with Crippen LogP contribution in [0.4, 0.5) is 10.2 Å². The van der Waals surface area contributed by atoms with E-state index in [4.69, 9.17) is 11.6 Å². The molecular weight excluding hydrogens is 291 g/mol. The van der Waals surface area contributed by atoms with Crippen LogP contribution in [-0.2, 0) is 6.42 Å². The fourth-order valence-electron chi connectivity index (χ4n) is 2.13. The highest BCUT2D eigenvalue weighted by Crippen LogP contribution is 2.22. The zero-order valence-corrected chi connectivity index (χ0v) is 12.4. The summed E-state index contributed by atoms with van der Waals surface area (Å²) in [5, 5.41) is 0.400. The fourth-order valence-corrected chi connectivity index (χ4v) is 2.36. The second-order valence-electron chi connectivity index (χ2n) is 5.00. The Balaban J connectivity index is 1.98. The lowest BCUT2D eigenvalue weighted by Gasteiger charge is -2.09. The van der Waals surface area contributed by atoms with Gasteiger partial charge in [-0.05, 0) is 24.3 Å². The van der Waals surface area contributed by atoms with Gasteiger partial charge in [-0.1, -0.05) is 17.7 Å². The first kappa shape index (κ1) is 13.8. The zero-order valence-electron chi connectivity index (χ0n) is 11.7. The van der Waals surface area contributed by atoms with Gasteiger partial charge in [-0.2, -0.15) is 0 Å². The van der Waals surface area contributed by atoms with Gasteiger partial charge in [0.25, 0.3) is 0 Å². The van der Waals surface area contributed by atoms with Gasteiger partial charge in [0.1, 0.15) is 17.5 Å². The highest BCUT2D eigenvalue weighted by atomic mass is 35.5. The van der Waals surface area contributed by atoms with E-state index in [0.29, 0.717) is 28.5 Å². The van der Waals surface area contributed by atoms with E-state index in [1.165, 1.54) is 6.07 Å². The largest absolute Gasteiger partial charge is 0.363 e. The Morgan fingerprint density at radius 2 is 2.00 bits per heavy atom. The molecule has 2 aromatic heterocycles. The Labute approximate surface area is 126 Å². The van der Waals surface area contributed by atoms with Crippen LogP contribution in [-0.4, -0.2) is 29.0 Å². The van der Waals surface area contributed by atoms with Crippen molar-refractivity contribution in [2.45, 2.75) is 6.42 Å². The van der Waals surface area contributed by atoms with Crippen molar-refractivity contribution in [1.29, 1.82) is 0 Å². The molecule has 1 aromatic carbocycles. The maximum atomic E-state index is 13.8. The maximum Gasteiger partial charge on any atom is 0.179 e. The molecule has 0 aliphatic carbocycles. The molecule has 0 bridgehead atoms. The predicted molar refractivity (Wildman–Crippen MR) is 82.4 cm³/mol. The molecule has 108 valence electrons. The summed E-state index contributed by atoms with van der Waals surface area (Å²) in [4.78, 5) is 13.9. The molecule has 0 atom stereocenters. The molecule has 0 saturated heterocycles. The number of halogens is 2. The summed E-state index contributed by atoms with van der Waals surface area (Å²) in [7, 11) is 3.84. The Morgan fingerprint density at radius 3 is 2.71 bits per heavy atom. The first-order valence-corrected chi connectivity index (χ1v) is 6.88. The van der Waals surface area contributed by atoms with Gasteiger partial charge in [0, 0.05) is 31.1 Å². The van der Waals surface area contributed by atoms with Crippen LogP contribution < -0.4 is 4.90 Å². The van der Waals surface area contributed by atoms with Crippen LogP contribution in [0.2, 0.25) is 5.02 Å². The van der Waals surface area contributed by atoms with Crippen molar-refractivity contribution in [2.24, 2.45) is 0 Å². The third-order valence-electron chi connectivity index (χ3n) is 3.24. The van der Waals surface area contributed by atoms with Gasteiger partial charge in [0.2, 0.25) is 0 Å². The predicted octanol–water partition coefficient (Wildman–Crippen LogP) is 3.41. The third kappa shape index (κ3) is 2.69. The minimum atomic E-state index is -0.329. The molecule has 21 heavy (non-hydrogen) atoms. The summed E-state index contributed by atoms with van der Waals surface area (Å²) in [6, 6.07) is 8.47. The molecule has 1 N–H and O–H groups in total. The van der Waals surface area contributed by atoms with Gasteiger partial charge in [-0.25, -0.2) is 14.4 Å². The topological polar surface area (TPSA) is 44.8 Å². The lowest BCUT2D eigenvalue weighted by Crippen LogP contribution is -2.10. The normalized spacial score (nSPS) is 11.0. The second kappa shape index (κ2) is 5.33. The Morgan fingerprint density at radius 1 is 1.19 bits per heavy atom. The zero-order chi connectivity index (χ0) is 15.0. The molecule has 0 radical (unpaired) electrons. The Bertz CT molecular complexity index is 777. The number of benzene rings is 1. The van der Waals surface area contributed by atoms with E-state index >= 15 is 0 Å². The molecule has 2 heterocycles. The number of pyridine rings is 1. The van der Waals surface area contributed by atoms with Crippen LogP contribution in [0.15, 0.2) is 30.3 Å². The molecule has 0 aliphatic heterocycles. The lowest BCUT2D eigenvalue weighted by molar-refractivity contribution is 0.612. The molecule has 0 aliphatic rings. The molecule has 0 saturated carbocycles. The molecule has 3 rings (SSSR count). The number of hydrogen-bond acceptors (Lipinski definition) is 3. The summed E-state index contributed by atoms with van der Waals surface area (Å²) in [6.45, 7) is 0. The highest BCUT2D eigenvalue weighted by molar-refractivity contribution is 6.31. The highest BCUT2D eigenvalue weighted by Gasteiger charge is 2.12. The van der Waals surface area contributed by atoms with Crippen LogP contribution in [0.3, 0.4) is 0 Å². The van der Waals surface area contributed by atoms with Gasteiger partial charge in [0.05, 0.1) is 5.52 Å². The first-order valence-electron chi connectivity index (χ1n) is 6.50. The van der Waals surface area contributed by atoms with E-state index in [-0.39, 0.29) is 5.82 Å². The summed E-state index contributed by atoms with van der Waals surface area (Å²) >= 11 is 6.04. The average molecular weight is 305 g/mol. The quantitative estimate of drug-likeness (QED) is 0.806. The van der Waals surface area contributed by atoms with Gasteiger partial charge in [-0.3, -0.25) is 0 Å². The van der Waals surface area contributed by atoms with Crippen molar-refractivity contribution in [3.63, 3.8) is 0 Å². The van der Waals surface area contributed by atoms with Crippen LogP contribution in [0, 0.1) is 5.82 Å². The molecule has 0 fully saturated rings. The van der Waals surface area contributed by atoms with Crippen LogP contribution in [0.1, 0.15) is 11.4 Å². The average Bonchev–Trinajstić information content (AvgIpc) is 2.84. The van der Waals surface area contributed by atoms with E-state index in [0.717, 1.165) is 11.3 Å². The van der Waals surface area contributed by atoms with E-state index in [1.807, 2.05) is 31.1 Å². The van der Waals surface area contributed by atoms with Crippen molar-refractivity contribution in [3.8, 4) is 0 Å². The Kier molecular flexibility index (Phi) is 3.51.